The first-order valence-electron chi connectivity index (χ1n) is 8.08. The molecular formula is C17H26N6O2. The monoisotopic (exact) mass is 346 g/mol. The van der Waals surface area contributed by atoms with Gasteiger partial charge in [-0.05, 0) is 31.2 Å². The third kappa shape index (κ3) is 5.37. The molecule has 2 rings (SSSR count). The molecule has 0 amide bonds. The van der Waals surface area contributed by atoms with Gasteiger partial charge in [0.25, 0.3) is 0 Å². The molecule has 1 unspecified atom stereocenters. The van der Waals surface area contributed by atoms with Crippen LogP contribution in [0, 0.1) is 0 Å². The second kappa shape index (κ2) is 8.91. The maximum absolute atomic E-state index is 5.90. The van der Waals surface area contributed by atoms with Crippen LogP contribution >= 0.6 is 0 Å². The molecule has 1 aromatic carbocycles. The van der Waals surface area contributed by atoms with Crippen molar-refractivity contribution in [3.05, 3.63) is 36.4 Å². The van der Waals surface area contributed by atoms with Crippen molar-refractivity contribution in [2.75, 3.05) is 27.7 Å². The summed E-state index contributed by atoms with van der Waals surface area (Å²) in [4.78, 5) is 10.5. The number of aromatic nitrogens is 3. The van der Waals surface area contributed by atoms with Gasteiger partial charge in [0.05, 0.1) is 20.2 Å². The van der Waals surface area contributed by atoms with Crippen LogP contribution in [0.15, 0.2) is 35.6 Å². The smallest absolute Gasteiger partial charge is 0.193 e. The average molecular weight is 346 g/mol. The molecular weight excluding hydrogens is 320 g/mol. The summed E-state index contributed by atoms with van der Waals surface area (Å²) in [5.74, 6) is 3.25. The van der Waals surface area contributed by atoms with Crippen molar-refractivity contribution < 1.29 is 9.47 Å². The van der Waals surface area contributed by atoms with Crippen molar-refractivity contribution >= 4 is 5.96 Å². The molecule has 1 N–H and O–H groups in total. The second-order valence-electron chi connectivity index (χ2n) is 5.69. The van der Waals surface area contributed by atoms with E-state index in [1.165, 1.54) is 0 Å². The van der Waals surface area contributed by atoms with Crippen LogP contribution in [0.3, 0.4) is 0 Å². The lowest BCUT2D eigenvalue weighted by atomic mass is 10.3. The molecule has 0 bridgehead atoms. The summed E-state index contributed by atoms with van der Waals surface area (Å²) < 4.78 is 12.8. The molecule has 0 saturated heterocycles. The number of ether oxygens (including phenoxy) is 2. The molecule has 0 aliphatic rings. The lowest BCUT2D eigenvalue weighted by Crippen LogP contribution is -2.42. The highest BCUT2D eigenvalue weighted by molar-refractivity contribution is 5.79. The van der Waals surface area contributed by atoms with Crippen LogP contribution < -0.4 is 14.8 Å². The Bertz CT molecular complexity index is 683. The molecule has 8 nitrogen and oxygen atoms in total. The minimum absolute atomic E-state index is 0.0200. The lowest BCUT2D eigenvalue weighted by Gasteiger charge is -2.23. The number of nitrogens with zero attached hydrogens (tertiary/aromatic N) is 5. The second-order valence-corrected chi connectivity index (χ2v) is 5.69. The maximum atomic E-state index is 5.90. The number of benzene rings is 1. The van der Waals surface area contributed by atoms with Gasteiger partial charge in [-0.1, -0.05) is 0 Å². The molecule has 0 saturated carbocycles. The molecule has 8 heteroatoms. The molecule has 25 heavy (non-hydrogen) atoms. The van der Waals surface area contributed by atoms with Gasteiger partial charge in [-0.15, -0.1) is 0 Å². The lowest BCUT2D eigenvalue weighted by molar-refractivity contribution is 0.222. The molecule has 2 aromatic rings. The molecule has 0 spiro atoms. The van der Waals surface area contributed by atoms with E-state index < -0.39 is 0 Å². The van der Waals surface area contributed by atoms with Crippen molar-refractivity contribution in [3.63, 3.8) is 0 Å². The zero-order chi connectivity index (χ0) is 18.2. The zero-order valence-electron chi connectivity index (χ0n) is 15.4. The number of nitrogens with one attached hydrogen (secondary N) is 1. The molecule has 1 atom stereocenters. The molecule has 1 aromatic heterocycles. The van der Waals surface area contributed by atoms with Crippen LogP contribution in [-0.2, 0) is 13.6 Å². The van der Waals surface area contributed by atoms with Crippen molar-refractivity contribution in [2.45, 2.75) is 19.6 Å². The van der Waals surface area contributed by atoms with Crippen molar-refractivity contribution in [3.8, 4) is 11.5 Å². The Hall–Kier alpha value is -2.77. The van der Waals surface area contributed by atoms with E-state index in [-0.39, 0.29) is 6.10 Å². The number of guanidine groups is 1. The van der Waals surface area contributed by atoms with E-state index in [4.69, 9.17) is 9.47 Å². The molecule has 0 radical (unpaired) electrons. The standard InChI is InChI=1S/C17H26N6O2/c1-13(25-15-8-6-14(24-5)7-9-15)10-19-17(18-2)22(3)11-16-20-12-21-23(16)4/h6-9,12-13H,10-11H2,1-5H3,(H,18,19). The largest absolute Gasteiger partial charge is 0.497 e. The Morgan fingerprint density at radius 1 is 1.32 bits per heavy atom. The van der Waals surface area contributed by atoms with E-state index in [2.05, 4.69) is 20.4 Å². The number of hydrogen-bond acceptors (Lipinski definition) is 5. The van der Waals surface area contributed by atoms with Gasteiger partial charge in [-0.3, -0.25) is 9.67 Å². The molecule has 1 heterocycles. The number of rotatable bonds is 7. The normalized spacial score (nSPS) is 12.6. The Kier molecular flexibility index (Phi) is 6.62. The third-order valence-electron chi connectivity index (χ3n) is 3.70. The highest BCUT2D eigenvalue weighted by atomic mass is 16.5. The SMILES string of the molecule is CN=C(NCC(C)Oc1ccc(OC)cc1)N(C)Cc1ncnn1C. The van der Waals surface area contributed by atoms with Crippen molar-refractivity contribution in [1.29, 1.82) is 0 Å². The number of hydrogen-bond donors (Lipinski definition) is 1. The average Bonchev–Trinajstić information content (AvgIpc) is 3.01. The topological polar surface area (TPSA) is 76.8 Å². The summed E-state index contributed by atoms with van der Waals surface area (Å²) in [6.45, 7) is 3.25. The Morgan fingerprint density at radius 2 is 2.00 bits per heavy atom. The fourth-order valence-electron chi connectivity index (χ4n) is 2.30. The molecule has 0 aliphatic carbocycles. The van der Waals surface area contributed by atoms with Gasteiger partial charge in [0.15, 0.2) is 5.96 Å². The van der Waals surface area contributed by atoms with Crippen LogP contribution in [0.25, 0.3) is 0 Å². The van der Waals surface area contributed by atoms with E-state index in [0.29, 0.717) is 13.1 Å². The van der Waals surface area contributed by atoms with E-state index in [0.717, 1.165) is 23.3 Å². The van der Waals surface area contributed by atoms with Crippen LogP contribution in [0.2, 0.25) is 0 Å². The molecule has 0 fully saturated rings. The van der Waals surface area contributed by atoms with E-state index in [1.807, 2.05) is 50.2 Å². The van der Waals surface area contributed by atoms with E-state index >= 15 is 0 Å². The minimum Gasteiger partial charge on any atom is -0.497 e. The quantitative estimate of drug-likeness (QED) is 0.601. The highest BCUT2D eigenvalue weighted by Gasteiger charge is 2.12. The van der Waals surface area contributed by atoms with Gasteiger partial charge in [0.2, 0.25) is 0 Å². The summed E-state index contributed by atoms with van der Waals surface area (Å²) in [6.07, 6.45) is 1.53. The first-order valence-corrected chi connectivity index (χ1v) is 8.08. The van der Waals surface area contributed by atoms with Gasteiger partial charge >= 0.3 is 0 Å². The Balaban J connectivity index is 1.83. The summed E-state index contributed by atoms with van der Waals surface area (Å²) >= 11 is 0. The van der Waals surface area contributed by atoms with Gasteiger partial charge in [0, 0.05) is 21.1 Å². The number of aliphatic imine (C=N–C) groups is 1. The predicted molar refractivity (Wildman–Crippen MR) is 96.9 cm³/mol. The fourth-order valence-corrected chi connectivity index (χ4v) is 2.30. The van der Waals surface area contributed by atoms with Gasteiger partial charge in [0.1, 0.15) is 29.8 Å². The first kappa shape index (κ1) is 18.6. The van der Waals surface area contributed by atoms with Gasteiger partial charge < -0.3 is 19.7 Å². The Labute approximate surface area is 148 Å². The number of aryl methyl sites for hydroxylation is 1. The molecule has 136 valence electrons. The van der Waals surface area contributed by atoms with Crippen LogP contribution in [0.4, 0.5) is 0 Å². The fraction of sp³-hybridized carbons (Fsp3) is 0.471. The minimum atomic E-state index is -0.0200. The summed E-state index contributed by atoms with van der Waals surface area (Å²) in [5.41, 5.74) is 0. The predicted octanol–water partition coefficient (Wildman–Crippen LogP) is 1.30. The maximum Gasteiger partial charge on any atom is 0.193 e. The van der Waals surface area contributed by atoms with Crippen molar-refractivity contribution in [1.82, 2.24) is 25.0 Å². The van der Waals surface area contributed by atoms with Gasteiger partial charge in [-0.2, -0.15) is 5.10 Å². The van der Waals surface area contributed by atoms with Gasteiger partial charge in [-0.25, -0.2) is 4.98 Å². The third-order valence-corrected chi connectivity index (χ3v) is 3.70. The van der Waals surface area contributed by atoms with Crippen LogP contribution in [0.1, 0.15) is 12.7 Å². The molecule has 0 aliphatic heterocycles. The van der Waals surface area contributed by atoms with Crippen molar-refractivity contribution in [2.24, 2.45) is 12.0 Å². The van der Waals surface area contributed by atoms with E-state index in [1.54, 1.807) is 25.2 Å². The summed E-state index contributed by atoms with van der Waals surface area (Å²) in [5, 5.41) is 7.39. The number of methoxy groups -OCH3 is 1. The Morgan fingerprint density at radius 3 is 2.56 bits per heavy atom. The highest BCUT2D eigenvalue weighted by Crippen LogP contribution is 2.17. The first-order chi connectivity index (χ1) is 12.0. The summed E-state index contributed by atoms with van der Waals surface area (Å²) in [6, 6.07) is 7.54. The van der Waals surface area contributed by atoms with Crippen LogP contribution in [0.5, 0.6) is 11.5 Å². The van der Waals surface area contributed by atoms with E-state index in [9.17, 15) is 0 Å². The zero-order valence-corrected chi connectivity index (χ0v) is 15.4. The van der Waals surface area contributed by atoms with Crippen LogP contribution in [-0.4, -0.2) is 59.5 Å². The summed E-state index contributed by atoms with van der Waals surface area (Å²) in [7, 11) is 7.23.